The number of allylic oxidation sites excluding steroid dienone is 1. The average Bonchev–Trinajstić information content (AvgIpc) is 2.70. The molecule has 2 aromatic carbocycles. The van der Waals surface area contributed by atoms with E-state index in [2.05, 4.69) is 4.98 Å². The van der Waals surface area contributed by atoms with Crippen LogP contribution in [0.2, 0.25) is 0 Å². The molecule has 1 unspecified atom stereocenters. The lowest BCUT2D eigenvalue weighted by atomic mass is 9.82. The topological polar surface area (TPSA) is 71.9 Å². The van der Waals surface area contributed by atoms with Crippen molar-refractivity contribution in [1.29, 1.82) is 5.26 Å². The minimum Gasteiger partial charge on any atom is -0.438 e. The number of nitrogens with zero attached hydrogens (tertiary/aromatic N) is 2. The highest BCUT2D eigenvalue weighted by Crippen LogP contribution is 2.46. The summed E-state index contributed by atoms with van der Waals surface area (Å²) in [7, 11) is 0. The van der Waals surface area contributed by atoms with Crippen molar-refractivity contribution in [3.8, 4) is 11.8 Å². The Kier molecular flexibility index (Phi) is 3.92. The lowest BCUT2D eigenvalue weighted by Crippen LogP contribution is -2.24. The van der Waals surface area contributed by atoms with Crippen LogP contribution in [0.3, 0.4) is 0 Å². The van der Waals surface area contributed by atoms with E-state index in [1.807, 2.05) is 0 Å². The largest absolute Gasteiger partial charge is 0.438 e. The number of rotatable bonds is 1. The van der Waals surface area contributed by atoms with Crippen LogP contribution in [0.1, 0.15) is 17.0 Å². The molecule has 9 heteroatoms. The highest BCUT2D eigenvalue weighted by Gasteiger charge is 2.39. The van der Waals surface area contributed by atoms with Crippen LogP contribution in [0.4, 0.5) is 22.0 Å². The maximum atomic E-state index is 14.5. The first-order valence-electron chi connectivity index (χ1n) is 7.83. The molecule has 0 saturated heterocycles. The summed E-state index contributed by atoms with van der Waals surface area (Å²) in [5, 5.41) is 10.0. The van der Waals surface area contributed by atoms with Crippen molar-refractivity contribution in [1.82, 2.24) is 4.98 Å². The van der Waals surface area contributed by atoms with E-state index >= 15 is 0 Å². The SMILES string of the molecule is N#CC1=C(N)Oc2c(ccc3cccnc23)C1c1c(F)c(F)c(F)c(F)c1F. The molecule has 0 bridgehead atoms. The van der Waals surface area contributed by atoms with E-state index in [-0.39, 0.29) is 16.8 Å². The molecule has 1 aliphatic heterocycles. The first kappa shape index (κ1) is 17.7. The molecular formula is C19H8F5N3O. The Morgan fingerprint density at radius 2 is 1.61 bits per heavy atom. The summed E-state index contributed by atoms with van der Waals surface area (Å²) >= 11 is 0. The van der Waals surface area contributed by atoms with Crippen molar-refractivity contribution >= 4 is 10.9 Å². The molecule has 0 aliphatic carbocycles. The Bertz CT molecular complexity index is 1200. The summed E-state index contributed by atoms with van der Waals surface area (Å²) < 4.78 is 75.4. The lowest BCUT2D eigenvalue weighted by molar-refractivity contribution is 0.362. The number of aromatic nitrogens is 1. The molecule has 2 N–H and O–H groups in total. The van der Waals surface area contributed by atoms with Gasteiger partial charge in [0, 0.05) is 22.7 Å². The maximum absolute atomic E-state index is 14.5. The lowest BCUT2D eigenvalue weighted by Gasteiger charge is -2.27. The van der Waals surface area contributed by atoms with Crippen molar-refractivity contribution in [2.45, 2.75) is 5.92 Å². The van der Waals surface area contributed by atoms with Gasteiger partial charge in [0.1, 0.15) is 17.2 Å². The quantitative estimate of drug-likeness (QED) is 0.386. The molecule has 0 spiro atoms. The molecule has 0 amide bonds. The third kappa shape index (κ3) is 2.31. The van der Waals surface area contributed by atoms with Gasteiger partial charge in [0.25, 0.3) is 0 Å². The number of benzene rings is 2. The van der Waals surface area contributed by atoms with E-state index in [4.69, 9.17) is 10.5 Å². The van der Waals surface area contributed by atoms with Gasteiger partial charge >= 0.3 is 0 Å². The van der Waals surface area contributed by atoms with Gasteiger partial charge in [-0.05, 0) is 6.07 Å². The molecule has 28 heavy (non-hydrogen) atoms. The second-order valence-corrected chi connectivity index (χ2v) is 5.97. The molecule has 2 heterocycles. The first-order valence-corrected chi connectivity index (χ1v) is 7.83. The number of nitriles is 1. The van der Waals surface area contributed by atoms with Gasteiger partial charge in [-0.1, -0.05) is 18.2 Å². The van der Waals surface area contributed by atoms with E-state index in [1.165, 1.54) is 18.3 Å². The van der Waals surface area contributed by atoms with Gasteiger partial charge in [-0.15, -0.1) is 0 Å². The predicted molar refractivity (Wildman–Crippen MR) is 87.3 cm³/mol. The number of fused-ring (bicyclic) bond motifs is 3. The zero-order valence-electron chi connectivity index (χ0n) is 13.7. The van der Waals surface area contributed by atoms with Gasteiger partial charge in [-0.3, -0.25) is 4.98 Å². The Morgan fingerprint density at radius 3 is 2.25 bits per heavy atom. The molecule has 4 nitrogen and oxygen atoms in total. The van der Waals surface area contributed by atoms with Gasteiger partial charge < -0.3 is 10.5 Å². The minimum absolute atomic E-state index is 0.000146. The second kappa shape index (κ2) is 6.20. The van der Waals surface area contributed by atoms with Gasteiger partial charge in [-0.25, -0.2) is 22.0 Å². The fourth-order valence-electron chi connectivity index (χ4n) is 3.23. The number of pyridine rings is 1. The number of ether oxygens (including phenoxy) is 1. The van der Waals surface area contributed by atoms with Crippen molar-refractivity contribution in [3.63, 3.8) is 0 Å². The Balaban J connectivity index is 2.11. The van der Waals surface area contributed by atoms with Crippen LogP contribution in [-0.2, 0) is 0 Å². The monoisotopic (exact) mass is 389 g/mol. The van der Waals surface area contributed by atoms with Crippen molar-refractivity contribution in [2.75, 3.05) is 0 Å². The summed E-state index contributed by atoms with van der Waals surface area (Å²) in [4.78, 5) is 4.12. The van der Waals surface area contributed by atoms with E-state index in [9.17, 15) is 27.2 Å². The van der Waals surface area contributed by atoms with E-state index in [0.717, 1.165) is 0 Å². The van der Waals surface area contributed by atoms with Gasteiger partial charge in [0.2, 0.25) is 11.7 Å². The summed E-state index contributed by atoms with van der Waals surface area (Å²) in [6.45, 7) is 0. The molecule has 4 rings (SSSR count). The Morgan fingerprint density at radius 1 is 0.964 bits per heavy atom. The molecule has 1 aromatic heterocycles. The zero-order valence-corrected chi connectivity index (χ0v) is 13.7. The molecule has 140 valence electrons. The summed E-state index contributed by atoms with van der Waals surface area (Å²) in [5.41, 5.74) is 4.32. The molecular weight excluding hydrogens is 381 g/mol. The van der Waals surface area contributed by atoms with Gasteiger partial charge in [-0.2, -0.15) is 5.26 Å². The van der Waals surface area contributed by atoms with Crippen LogP contribution < -0.4 is 10.5 Å². The average molecular weight is 389 g/mol. The second-order valence-electron chi connectivity index (χ2n) is 5.97. The number of halogens is 5. The highest BCUT2D eigenvalue weighted by atomic mass is 19.2. The summed E-state index contributed by atoms with van der Waals surface area (Å²) in [6, 6.07) is 7.85. The van der Waals surface area contributed by atoms with Crippen molar-refractivity contribution in [3.05, 3.63) is 82.1 Å². The van der Waals surface area contributed by atoms with Crippen molar-refractivity contribution in [2.24, 2.45) is 5.73 Å². The number of hydrogen-bond acceptors (Lipinski definition) is 4. The van der Waals surface area contributed by atoms with Crippen LogP contribution in [0, 0.1) is 40.4 Å². The van der Waals surface area contributed by atoms with Crippen LogP contribution in [0.5, 0.6) is 5.75 Å². The summed E-state index contributed by atoms with van der Waals surface area (Å²) in [6.07, 6.45) is 1.43. The first-order chi connectivity index (χ1) is 13.4. The fraction of sp³-hybridized carbons (Fsp3) is 0.0526. The smallest absolute Gasteiger partial charge is 0.205 e. The van der Waals surface area contributed by atoms with Crippen molar-refractivity contribution < 1.29 is 26.7 Å². The summed E-state index contributed by atoms with van der Waals surface area (Å²) in [5.74, 6) is -12.8. The van der Waals surface area contributed by atoms with Crippen LogP contribution >= 0.6 is 0 Å². The third-order valence-corrected chi connectivity index (χ3v) is 4.49. The number of hydrogen-bond donors (Lipinski definition) is 1. The minimum atomic E-state index is -2.29. The standard InChI is InChI=1S/C19H8F5N3O/c20-12-11(13(21)15(23)16(24)14(12)22)10-8-4-3-7-2-1-5-27-17(7)18(8)28-19(26)9(10)6-25/h1-5,10H,26H2. The Labute approximate surface area is 154 Å². The fourth-order valence-corrected chi connectivity index (χ4v) is 3.23. The van der Waals surface area contributed by atoms with E-state index < -0.39 is 52.0 Å². The van der Waals surface area contributed by atoms with Crippen LogP contribution in [0.15, 0.2) is 41.9 Å². The normalized spacial score (nSPS) is 15.9. The molecule has 0 radical (unpaired) electrons. The van der Waals surface area contributed by atoms with Gasteiger partial charge in [0.05, 0.1) is 5.92 Å². The predicted octanol–water partition coefficient (Wildman–Crippen LogP) is 4.15. The maximum Gasteiger partial charge on any atom is 0.205 e. The Hall–Kier alpha value is -3.67. The molecule has 0 fully saturated rings. The molecule has 1 atom stereocenters. The third-order valence-electron chi connectivity index (χ3n) is 4.49. The number of nitrogens with two attached hydrogens (primary N) is 1. The molecule has 1 aliphatic rings. The highest BCUT2D eigenvalue weighted by molar-refractivity contribution is 5.87. The molecule has 0 saturated carbocycles. The van der Waals surface area contributed by atoms with Crippen LogP contribution in [0.25, 0.3) is 10.9 Å². The van der Waals surface area contributed by atoms with Crippen LogP contribution in [-0.4, -0.2) is 4.98 Å². The van der Waals surface area contributed by atoms with E-state index in [0.29, 0.717) is 5.39 Å². The molecule has 3 aromatic rings. The van der Waals surface area contributed by atoms with Gasteiger partial charge in [0.15, 0.2) is 29.0 Å². The zero-order chi connectivity index (χ0) is 20.2. The van der Waals surface area contributed by atoms with E-state index in [1.54, 1.807) is 18.2 Å².